The zero-order valence-corrected chi connectivity index (χ0v) is 12.6. The molecule has 0 radical (unpaired) electrons. The first-order chi connectivity index (χ1) is 10.9. The number of furan rings is 1. The molecule has 1 aromatic heterocycles. The summed E-state index contributed by atoms with van der Waals surface area (Å²) in [6, 6.07) is 4.26. The number of halogens is 2. The second kappa shape index (κ2) is 7.04. The van der Waals surface area contributed by atoms with Crippen LogP contribution in [-0.4, -0.2) is 19.0 Å². The average molecular weight is 323 g/mol. The standard InChI is InChI=1S/C16H15F2NO4/c1-9(10-3-4-12(17)13(18)7-10)19-16(21)11-5-6-23-14(11)8-15(20)22-2/h3-7,9H,8H2,1-2H3,(H,19,21). The molecule has 2 aromatic rings. The normalized spacial score (nSPS) is 11.8. The Kier molecular flexibility index (Phi) is 5.10. The summed E-state index contributed by atoms with van der Waals surface area (Å²) in [5.74, 6) is -2.80. The molecule has 0 saturated heterocycles. The monoisotopic (exact) mass is 323 g/mol. The number of rotatable bonds is 5. The van der Waals surface area contributed by atoms with Gasteiger partial charge in [-0.15, -0.1) is 0 Å². The molecule has 5 nitrogen and oxygen atoms in total. The first-order valence-corrected chi connectivity index (χ1v) is 6.81. The Morgan fingerprint density at radius 2 is 2.00 bits per heavy atom. The van der Waals surface area contributed by atoms with Gasteiger partial charge in [0.05, 0.1) is 25.0 Å². The third-order valence-corrected chi connectivity index (χ3v) is 3.31. The van der Waals surface area contributed by atoms with Crippen molar-refractivity contribution in [3.8, 4) is 0 Å². The van der Waals surface area contributed by atoms with Crippen molar-refractivity contribution >= 4 is 11.9 Å². The van der Waals surface area contributed by atoms with E-state index in [9.17, 15) is 18.4 Å². The summed E-state index contributed by atoms with van der Waals surface area (Å²) in [6.45, 7) is 1.63. The van der Waals surface area contributed by atoms with Gasteiger partial charge in [0.15, 0.2) is 11.6 Å². The highest BCUT2D eigenvalue weighted by molar-refractivity contribution is 5.96. The van der Waals surface area contributed by atoms with Crippen molar-refractivity contribution in [2.24, 2.45) is 0 Å². The molecule has 0 aliphatic heterocycles. The Morgan fingerprint density at radius 3 is 2.65 bits per heavy atom. The minimum atomic E-state index is -0.988. The van der Waals surface area contributed by atoms with Gasteiger partial charge in [0.2, 0.25) is 0 Å². The van der Waals surface area contributed by atoms with Crippen LogP contribution in [0.4, 0.5) is 8.78 Å². The van der Waals surface area contributed by atoms with E-state index in [1.54, 1.807) is 6.92 Å². The van der Waals surface area contributed by atoms with Crippen LogP contribution in [0.2, 0.25) is 0 Å². The van der Waals surface area contributed by atoms with Crippen LogP contribution in [0, 0.1) is 11.6 Å². The van der Waals surface area contributed by atoms with Gasteiger partial charge in [-0.05, 0) is 30.7 Å². The smallest absolute Gasteiger partial charge is 0.313 e. The predicted octanol–water partition coefficient (Wildman–Crippen LogP) is 2.76. The second-order valence-electron chi connectivity index (χ2n) is 4.88. The molecule has 1 N–H and O–H groups in total. The van der Waals surface area contributed by atoms with Gasteiger partial charge in [0.1, 0.15) is 12.2 Å². The number of ether oxygens (including phenoxy) is 1. The van der Waals surface area contributed by atoms with Crippen molar-refractivity contribution in [1.82, 2.24) is 5.32 Å². The Hall–Kier alpha value is -2.70. The molecule has 23 heavy (non-hydrogen) atoms. The Balaban J connectivity index is 2.11. The highest BCUT2D eigenvalue weighted by atomic mass is 19.2. The topological polar surface area (TPSA) is 68.5 Å². The third kappa shape index (κ3) is 3.94. The van der Waals surface area contributed by atoms with Crippen LogP contribution in [0.25, 0.3) is 0 Å². The lowest BCUT2D eigenvalue weighted by molar-refractivity contribution is -0.140. The number of hydrogen-bond donors (Lipinski definition) is 1. The summed E-state index contributed by atoms with van der Waals surface area (Å²) in [7, 11) is 1.23. The minimum Gasteiger partial charge on any atom is -0.469 e. The molecule has 0 bridgehead atoms. The van der Waals surface area contributed by atoms with Gasteiger partial charge < -0.3 is 14.5 Å². The summed E-state index contributed by atoms with van der Waals surface area (Å²) in [5.41, 5.74) is 0.597. The minimum absolute atomic E-state index is 0.173. The van der Waals surface area contributed by atoms with Crippen LogP contribution in [0.3, 0.4) is 0 Å². The first-order valence-electron chi connectivity index (χ1n) is 6.81. The molecule has 0 aliphatic carbocycles. The number of benzene rings is 1. The average Bonchev–Trinajstić information content (AvgIpc) is 2.97. The zero-order valence-electron chi connectivity index (χ0n) is 12.6. The fourth-order valence-corrected chi connectivity index (χ4v) is 2.02. The van der Waals surface area contributed by atoms with E-state index >= 15 is 0 Å². The van der Waals surface area contributed by atoms with Crippen molar-refractivity contribution in [2.45, 2.75) is 19.4 Å². The van der Waals surface area contributed by atoms with Crippen LogP contribution >= 0.6 is 0 Å². The summed E-state index contributed by atoms with van der Waals surface area (Å²) in [6.07, 6.45) is 1.11. The number of esters is 1. The number of methoxy groups -OCH3 is 1. The van der Waals surface area contributed by atoms with Crippen molar-refractivity contribution in [3.63, 3.8) is 0 Å². The van der Waals surface area contributed by atoms with Crippen LogP contribution in [0.1, 0.15) is 34.6 Å². The highest BCUT2D eigenvalue weighted by Gasteiger charge is 2.20. The van der Waals surface area contributed by atoms with Gasteiger partial charge in [0, 0.05) is 0 Å². The van der Waals surface area contributed by atoms with E-state index in [2.05, 4.69) is 10.1 Å². The maximum atomic E-state index is 13.2. The van der Waals surface area contributed by atoms with E-state index in [1.807, 2.05) is 0 Å². The largest absolute Gasteiger partial charge is 0.469 e. The van der Waals surface area contributed by atoms with E-state index in [0.717, 1.165) is 12.1 Å². The SMILES string of the molecule is COC(=O)Cc1occc1C(=O)NC(C)c1ccc(F)c(F)c1. The van der Waals surface area contributed by atoms with Crippen LogP contribution in [0.5, 0.6) is 0 Å². The Labute approximate surface area is 131 Å². The summed E-state index contributed by atoms with van der Waals surface area (Å²) >= 11 is 0. The van der Waals surface area contributed by atoms with Gasteiger partial charge >= 0.3 is 5.97 Å². The molecule has 0 fully saturated rings. The molecule has 1 amide bonds. The van der Waals surface area contributed by atoms with Crippen molar-refractivity contribution in [2.75, 3.05) is 7.11 Å². The maximum absolute atomic E-state index is 13.2. The Morgan fingerprint density at radius 1 is 1.26 bits per heavy atom. The fourth-order valence-electron chi connectivity index (χ4n) is 2.02. The van der Waals surface area contributed by atoms with E-state index in [0.29, 0.717) is 5.56 Å². The molecule has 0 aliphatic rings. The van der Waals surface area contributed by atoms with Gasteiger partial charge in [0.25, 0.3) is 5.91 Å². The van der Waals surface area contributed by atoms with E-state index < -0.39 is 29.6 Å². The van der Waals surface area contributed by atoms with Gasteiger partial charge in [-0.3, -0.25) is 9.59 Å². The van der Waals surface area contributed by atoms with Gasteiger partial charge in [-0.25, -0.2) is 8.78 Å². The third-order valence-electron chi connectivity index (χ3n) is 3.31. The number of amides is 1. The molecule has 1 aromatic carbocycles. The molecule has 0 spiro atoms. The molecule has 1 unspecified atom stereocenters. The number of hydrogen-bond acceptors (Lipinski definition) is 4. The van der Waals surface area contributed by atoms with Gasteiger partial charge in [-0.1, -0.05) is 6.07 Å². The Bertz CT molecular complexity index is 727. The molecule has 7 heteroatoms. The van der Waals surface area contributed by atoms with Crippen LogP contribution < -0.4 is 5.32 Å². The zero-order chi connectivity index (χ0) is 17.0. The maximum Gasteiger partial charge on any atom is 0.313 e. The van der Waals surface area contributed by atoms with Crippen molar-refractivity contribution in [3.05, 3.63) is 59.1 Å². The second-order valence-corrected chi connectivity index (χ2v) is 4.88. The lowest BCUT2D eigenvalue weighted by atomic mass is 10.1. The highest BCUT2D eigenvalue weighted by Crippen LogP contribution is 2.18. The van der Waals surface area contributed by atoms with Crippen LogP contribution in [0.15, 0.2) is 34.9 Å². The lowest BCUT2D eigenvalue weighted by Crippen LogP contribution is -2.27. The summed E-state index contributed by atoms with van der Waals surface area (Å²) < 4.78 is 35.8. The van der Waals surface area contributed by atoms with Crippen LogP contribution in [-0.2, 0) is 16.0 Å². The fraction of sp³-hybridized carbons (Fsp3) is 0.250. The first kappa shape index (κ1) is 16.7. The van der Waals surface area contributed by atoms with Crippen molar-refractivity contribution in [1.29, 1.82) is 0 Å². The number of carbonyl (C=O) groups excluding carboxylic acids is 2. The molecule has 122 valence electrons. The van der Waals surface area contributed by atoms with E-state index in [4.69, 9.17) is 4.42 Å². The number of nitrogens with one attached hydrogen (secondary N) is 1. The molecular weight excluding hydrogens is 308 g/mol. The molecule has 2 rings (SSSR count). The molecular formula is C16H15F2NO4. The van der Waals surface area contributed by atoms with E-state index in [-0.39, 0.29) is 17.7 Å². The van der Waals surface area contributed by atoms with Crippen molar-refractivity contribution < 1.29 is 27.5 Å². The molecule has 1 atom stereocenters. The number of carbonyl (C=O) groups is 2. The predicted molar refractivity (Wildman–Crippen MR) is 76.7 cm³/mol. The molecule has 0 saturated carbocycles. The summed E-state index contributed by atoms with van der Waals surface area (Å²) in [5, 5.41) is 2.64. The van der Waals surface area contributed by atoms with E-state index in [1.165, 1.54) is 25.5 Å². The quantitative estimate of drug-likeness (QED) is 0.859. The lowest BCUT2D eigenvalue weighted by Gasteiger charge is -2.14. The summed E-state index contributed by atoms with van der Waals surface area (Å²) in [4.78, 5) is 23.5. The van der Waals surface area contributed by atoms with Gasteiger partial charge in [-0.2, -0.15) is 0 Å². The molecule has 1 heterocycles.